The minimum Gasteiger partial charge on any atom is -0.482 e. The van der Waals surface area contributed by atoms with Crippen molar-refractivity contribution in [2.24, 2.45) is 0 Å². The average Bonchev–Trinajstić information content (AvgIpc) is 3.39. The third-order valence-electron chi connectivity index (χ3n) is 4.61. The van der Waals surface area contributed by atoms with Crippen molar-refractivity contribution in [2.75, 3.05) is 19.7 Å². The molecule has 0 spiro atoms. The number of nitrogens with zero attached hydrogens (tertiary/aromatic N) is 3. The molecule has 0 atom stereocenters. The van der Waals surface area contributed by atoms with E-state index in [0.29, 0.717) is 46.4 Å². The Morgan fingerprint density at radius 3 is 2.75 bits per heavy atom. The Balaban J connectivity index is 1.29. The van der Waals surface area contributed by atoms with Gasteiger partial charge in [-0.2, -0.15) is 0 Å². The first-order valence-corrected chi connectivity index (χ1v) is 9.58. The zero-order valence-electron chi connectivity index (χ0n) is 14.8. The number of amides is 1. The molecule has 3 aromatic rings. The standard InChI is InChI=1S/C19H17Cl2N3O4/c20-13-3-4-15(14(21)10-13)27-11-17(25)24-7-5-12(6-8-24)18-22-23-19(28-18)16-2-1-9-26-16/h1-4,9-10,12H,5-8,11H2. The van der Waals surface area contributed by atoms with Gasteiger partial charge in [0.1, 0.15) is 5.75 Å². The second-order valence-corrected chi connectivity index (χ2v) is 7.28. The lowest BCUT2D eigenvalue weighted by Gasteiger charge is -2.30. The highest BCUT2D eigenvalue weighted by Gasteiger charge is 2.28. The van der Waals surface area contributed by atoms with Crippen molar-refractivity contribution in [3.8, 4) is 17.4 Å². The maximum Gasteiger partial charge on any atom is 0.283 e. The van der Waals surface area contributed by atoms with Gasteiger partial charge in [-0.05, 0) is 43.2 Å². The molecule has 0 saturated carbocycles. The van der Waals surface area contributed by atoms with Crippen molar-refractivity contribution in [1.29, 1.82) is 0 Å². The maximum absolute atomic E-state index is 12.4. The fourth-order valence-corrected chi connectivity index (χ4v) is 3.56. The largest absolute Gasteiger partial charge is 0.482 e. The lowest BCUT2D eigenvalue weighted by molar-refractivity contribution is -0.134. The fraction of sp³-hybridized carbons (Fsp3) is 0.316. The van der Waals surface area contributed by atoms with E-state index in [0.717, 1.165) is 12.8 Å². The summed E-state index contributed by atoms with van der Waals surface area (Å²) in [4.78, 5) is 14.2. The first-order chi connectivity index (χ1) is 13.6. The lowest BCUT2D eigenvalue weighted by Crippen LogP contribution is -2.40. The number of carbonyl (C=O) groups is 1. The zero-order valence-corrected chi connectivity index (χ0v) is 16.3. The number of hydrogen-bond donors (Lipinski definition) is 0. The average molecular weight is 422 g/mol. The third kappa shape index (κ3) is 4.15. The summed E-state index contributed by atoms with van der Waals surface area (Å²) in [5, 5.41) is 9.05. The van der Waals surface area contributed by atoms with Crippen LogP contribution >= 0.6 is 23.2 Å². The molecule has 1 aliphatic rings. The van der Waals surface area contributed by atoms with Crippen LogP contribution in [0.15, 0.2) is 45.4 Å². The van der Waals surface area contributed by atoms with Crippen LogP contribution in [-0.4, -0.2) is 40.7 Å². The highest BCUT2D eigenvalue weighted by Crippen LogP contribution is 2.30. The van der Waals surface area contributed by atoms with Gasteiger partial charge >= 0.3 is 0 Å². The number of ether oxygens (including phenoxy) is 1. The van der Waals surface area contributed by atoms with Crippen LogP contribution in [-0.2, 0) is 4.79 Å². The Labute approximate surface area is 171 Å². The number of hydrogen-bond acceptors (Lipinski definition) is 6. The number of rotatable bonds is 5. The normalized spacial score (nSPS) is 15.0. The number of aromatic nitrogens is 2. The summed E-state index contributed by atoms with van der Waals surface area (Å²) in [6.07, 6.45) is 3.04. The van der Waals surface area contributed by atoms with Crippen LogP contribution in [0.1, 0.15) is 24.7 Å². The summed E-state index contributed by atoms with van der Waals surface area (Å²) in [6, 6.07) is 8.43. The molecule has 2 aromatic heterocycles. The highest BCUT2D eigenvalue weighted by molar-refractivity contribution is 6.35. The number of carbonyl (C=O) groups excluding carboxylic acids is 1. The van der Waals surface area contributed by atoms with E-state index in [2.05, 4.69) is 10.2 Å². The van der Waals surface area contributed by atoms with Crippen LogP contribution in [0.3, 0.4) is 0 Å². The smallest absolute Gasteiger partial charge is 0.283 e. The minimum absolute atomic E-state index is 0.0742. The molecule has 1 saturated heterocycles. The second kappa shape index (κ2) is 8.24. The molecule has 1 amide bonds. The molecule has 28 heavy (non-hydrogen) atoms. The van der Waals surface area contributed by atoms with E-state index in [1.807, 2.05) is 0 Å². The zero-order chi connectivity index (χ0) is 19.5. The van der Waals surface area contributed by atoms with Gasteiger partial charge in [0.2, 0.25) is 5.89 Å². The van der Waals surface area contributed by atoms with Crippen LogP contribution in [0.25, 0.3) is 11.7 Å². The van der Waals surface area contributed by atoms with Crippen LogP contribution in [0.4, 0.5) is 0 Å². The molecule has 3 heterocycles. The van der Waals surface area contributed by atoms with Gasteiger partial charge in [-0.25, -0.2) is 0 Å². The number of benzene rings is 1. The quantitative estimate of drug-likeness (QED) is 0.606. The maximum atomic E-state index is 12.4. The molecule has 1 aliphatic heterocycles. The summed E-state index contributed by atoms with van der Waals surface area (Å²) < 4.78 is 16.5. The molecule has 0 aliphatic carbocycles. The molecular formula is C19H17Cl2N3O4. The highest BCUT2D eigenvalue weighted by atomic mass is 35.5. The minimum atomic E-state index is -0.0914. The SMILES string of the molecule is O=C(COc1ccc(Cl)cc1Cl)N1CCC(c2nnc(-c3ccco3)o2)CC1. The summed E-state index contributed by atoms with van der Waals surface area (Å²) >= 11 is 11.9. The Morgan fingerprint density at radius 2 is 2.04 bits per heavy atom. The number of likely N-dealkylation sites (tertiary alicyclic amines) is 1. The molecule has 1 fully saturated rings. The predicted octanol–water partition coefficient (Wildman–Crippen LogP) is 4.42. The van der Waals surface area contributed by atoms with Crippen LogP contribution in [0, 0.1) is 0 Å². The van der Waals surface area contributed by atoms with Crippen molar-refractivity contribution in [3.63, 3.8) is 0 Å². The summed E-state index contributed by atoms with van der Waals surface area (Å²) in [7, 11) is 0. The number of furan rings is 1. The van der Waals surface area contributed by atoms with Gasteiger partial charge in [-0.15, -0.1) is 10.2 Å². The molecule has 0 N–H and O–H groups in total. The van der Waals surface area contributed by atoms with Gasteiger partial charge in [0.25, 0.3) is 11.8 Å². The van der Waals surface area contributed by atoms with Crippen LogP contribution in [0.5, 0.6) is 5.75 Å². The van der Waals surface area contributed by atoms with Gasteiger partial charge in [0, 0.05) is 24.0 Å². The van der Waals surface area contributed by atoms with E-state index in [4.69, 9.17) is 36.8 Å². The van der Waals surface area contributed by atoms with Crippen molar-refractivity contribution >= 4 is 29.1 Å². The Kier molecular flexibility index (Phi) is 5.54. The fourth-order valence-electron chi connectivity index (χ4n) is 3.10. The lowest BCUT2D eigenvalue weighted by atomic mass is 9.97. The Bertz CT molecular complexity index is 950. The first kappa shape index (κ1) is 18.8. The van der Waals surface area contributed by atoms with E-state index in [1.54, 1.807) is 41.5 Å². The molecule has 7 nitrogen and oxygen atoms in total. The summed E-state index contributed by atoms with van der Waals surface area (Å²) in [5.41, 5.74) is 0. The molecule has 4 rings (SSSR count). The van der Waals surface area contributed by atoms with Crippen molar-refractivity contribution < 1.29 is 18.4 Å². The van der Waals surface area contributed by atoms with Crippen molar-refractivity contribution in [2.45, 2.75) is 18.8 Å². The van der Waals surface area contributed by atoms with Gasteiger partial charge < -0.3 is 18.5 Å². The predicted molar refractivity (Wildman–Crippen MR) is 103 cm³/mol. The van der Waals surface area contributed by atoms with E-state index in [9.17, 15) is 4.79 Å². The summed E-state index contributed by atoms with van der Waals surface area (Å²) in [6.45, 7) is 1.12. The molecular weight excluding hydrogens is 405 g/mol. The monoisotopic (exact) mass is 421 g/mol. The number of piperidine rings is 1. The summed E-state index contributed by atoms with van der Waals surface area (Å²) in [5.74, 6) is 1.95. The van der Waals surface area contributed by atoms with E-state index >= 15 is 0 Å². The molecule has 0 unspecified atom stereocenters. The van der Waals surface area contributed by atoms with Crippen LogP contribution in [0.2, 0.25) is 10.0 Å². The van der Waals surface area contributed by atoms with Crippen LogP contribution < -0.4 is 4.74 Å². The molecule has 0 bridgehead atoms. The van der Waals surface area contributed by atoms with Crippen molar-refractivity contribution in [1.82, 2.24) is 15.1 Å². The van der Waals surface area contributed by atoms with E-state index in [-0.39, 0.29) is 18.4 Å². The van der Waals surface area contributed by atoms with E-state index < -0.39 is 0 Å². The van der Waals surface area contributed by atoms with Gasteiger partial charge in [0.15, 0.2) is 12.4 Å². The van der Waals surface area contributed by atoms with Gasteiger partial charge in [-0.3, -0.25) is 4.79 Å². The third-order valence-corrected chi connectivity index (χ3v) is 5.15. The van der Waals surface area contributed by atoms with Crippen molar-refractivity contribution in [3.05, 3.63) is 52.5 Å². The first-order valence-electron chi connectivity index (χ1n) is 8.83. The second-order valence-electron chi connectivity index (χ2n) is 6.44. The molecule has 146 valence electrons. The van der Waals surface area contributed by atoms with Gasteiger partial charge in [-0.1, -0.05) is 23.2 Å². The molecule has 9 heteroatoms. The van der Waals surface area contributed by atoms with E-state index in [1.165, 1.54) is 0 Å². The van der Waals surface area contributed by atoms with Gasteiger partial charge in [0.05, 0.1) is 11.3 Å². The number of halogens is 2. The Morgan fingerprint density at radius 1 is 1.21 bits per heavy atom. The molecule has 1 aromatic carbocycles. The Hall–Kier alpha value is -2.51. The topological polar surface area (TPSA) is 81.6 Å². The molecule has 0 radical (unpaired) electrons.